The van der Waals surface area contributed by atoms with Crippen molar-refractivity contribution in [3.05, 3.63) is 0 Å². The van der Waals surface area contributed by atoms with Crippen LogP contribution in [0.25, 0.3) is 0 Å². The van der Waals surface area contributed by atoms with Crippen LogP contribution in [0.4, 0.5) is 0 Å². The number of hydrogen-bond donors (Lipinski definition) is 3. The van der Waals surface area contributed by atoms with E-state index in [1.165, 1.54) is 0 Å². The van der Waals surface area contributed by atoms with Crippen LogP contribution < -0.4 is 11.1 Å². The van der Waals surface area contributed by atoms with Crippen LogP contribution in [0.1, 0.15) is 46.5 Å². The van der Waals surface area contributed by atoms with Crippen LogP contribution >= 0.6 is 0 Å². The molecule has 4 heteroatoms. The minimum Gasteiger partial charge on any atom is -0.396 e. The first-order valence-electron chi connectivity index (χ1n) is 6.59. The molecule has 0 aromatic rings. The maximum Gasteiger partial charge on any atom is 0.220 e. The highest BCUT2D eigenvalue weighted by Crippen LogP contribution is 2.14. The number of aliphatic hydroxyl groups excluding tert-OH is 1. The summed E-state index contributed by atoms with van der Waals surface area (Å²) in [5, 5.41) is 11.6. The van der Waals surface area contributed by atoms with Crippen molar-refractivity contribution in [3.63, 3.8) is 0 Å². The van der Waals surface area contributed by atoms with Crippen molar-refractivity contribution >= 4 is 5.91 Å². The summed E-state index contributed by atoms with van der Waals surface area (Å²) in [6.45, 7) is 7.00. The lowest BCUT2D eigenvalue weighted by molar-refractivity contribution is -0.122. The lowest BCUT2D eigenvalue weighted by Crippen LogP contribution is -2.35. The summed E-state index contributed by atoms with van der Waals surface area (Å²) in [5.74, 6) is 0.926. The van der Waals surface area contributed by atoms with Crippen LogP contribution in [-0.4, -0.2) is 30.2 Å². The zero-order valence-corrected chi connectivity index (χ0v) is 11.4. The minimum atomic E-state index is 0.0755. The molecule has 2 atom stereocenters. The second-order valence-corrected chi connectivity index (χ2v) is 5.27. The lowest BCUT2D eigenvalue weighted by atomic mass is 9.94. The van der Waals surface area contributed by atoms with Crippen LogP contribution in [0.15, 0.2) is 0 Å². The van der Waals surface area contributed by atoms with Crippen molar-refractivity contribution in [2.24, 2.45) is 17.6 Å². The molecule has 0 saturated carbocycles. The molecular weight excluding hydrogens is 216 g/mol. The second-order valence-electron chi connectivity index (χ2n) is 5.27. The molecule has 0 aromatic carbocycles. The summed E-state index contributed by atoms with van der Waals surface area (Å²) in [6, 6.07) is 0.132. The number of hydrogen-bond acceptors (Lipinski definition) is 3. The maximum atomic E-state index is 11.7. The summed E-state index contributed by atoms with van der Waals surface area (Å²) in [4.78, 5) is 11.7. The molecule has 0 aromatic heterocycles. The van der Waals surface area contributed by atoms with E-state index in [4.69, 9.17) is 10.8 Å². The van der Waals surface area contributed by atoms with Gasteiger partial charge in [0.2, 0.25) is 5.91 Å². The number of carbonyl (C=O) groups excluding carboxylic acids is 1. The van der Waals surface area contributed by atoms with Crippen LogP contribution in [0.2, 0.25) is 0 Å². The van der Waals surface area contributed by atoms with Gasteiger partial charge in [-0.05, 0) is 44.6 Å². The molecule has 0 aliphatic rings. The summed E-state index contributed by atoms with van der Waals surface area (Å²) < 4.78 is 0. The third-order valence-electron chi connectivity index (χ3n) is 2.81. The van der Waals surface area contributed by atoms with Crippen molar-refractivity contribution in [2.75, 3.05) is 13.2 Å². The molecule has 102 valence electrons. The molecule has 4 N–H and O–H groups in total. The molecule has 0 aliphatic heterocycles. The van der Waals surface area contributed by atoms with E-state index in [-0.39, 0.29) is 24.5 Å². The Hall–Kier alpha value is -0.610. The molecular formula is C13H28N2O2. The highest BCUT2D eigenvalue weighted by molar-refractivity contribution is 5.76. The van der Waals surface area contributed by atoms with E-state index in [0.717, 1.165) is 19.3 Å². The predicted octanol–water partition coefficient (Wildman–Crippen LogP) is 1.27. The maximum absolute atomic E-state index is 11.7. The van der Waals surface area contributed by atoms with Gasteiger partial charge in [0.1, 0.15) is 0 Å². The Bertz CT molecular complexity index is 208. The minimum absolute atomic E-state index is 0.0755. The number of aliphatic hydroxyl groups is 1. The van der Waals surface area contributed by atoms with Gasteiger partial charge in [0, 0.05) is 19.1 Å². The highest BCUT2D eigenvalue weighted by Gasteiger charge is 2.15. The average Bonchev–Trinajstić information content (AvgIpc) is 2.24. The predicted molar refractivity (Wildman–Crippen MR) is 70.5 cm³/mol. The van der Waals surface area contributed by atoms with Gasteiger partial charge < -0.3 is 16.2 Å². The Balaban J connectivity index is 3.89. The molecule has 1 amide bonds. The molecule has 0 saturated heterocycles. The third-order valence-corrected chi connectivity index (χ3v) is 2.81. The van der Waals surface area contributed by atoms with Gasteiger partial charge in [-0.1, -0.05) is 13.8 Å². The molecule has 17 heavy (non-hydrogen) atoms. The summed E-state index contributed by atoms with van der Waals surface area (Å²) >= 11 is 0. The van der Waals surface area contributed by atoms with Gasteiger partial charge in [-0.2, -0.15) is 0 Å². The lowest BCUT2D eigenvalue weighted by Gasteiger charge is -2.19. The van der Waals surface area contributed by atoms with E-state index < -0.39 is 0 Å². The van der Waals surface area contributed by atoms with Gasteiger partial charge in [-0.15, -0.1) is 0 Å². The van der Waals surface area contributed by atoms with Gasteiger partial charge in [0.05, 0.1) is 0 Å². The fourth-order valence-electron chi connectivity index (χ4n) is 2.00. The smallest absolute Gasteiger partial charge is 0.220 e. The number of carbonyl (C=O) groups is 1. The Morgan fingerprint density at radius 1 is 1.35 bits per heavy atom. The molecule has 0 heterocycles. The fraction of sp³-hybridized carbons (Fsp3) is 0.923. The average molecular weight is 244 g/mol. The molecule has 0 fully saturated rings. The van der Waals surface area contributed by atoms with Crippen LogP contribution in [0.3, 0.4) is 0 Å². The second kappa shape index (κ2) is 9.42. The Kier molecular flexibility index (Phi) is 9.09. The zero-order chi connectivity index (χ0) is 13.3. The Morgan fingerprint density at radius 2 is 2.00 bits per heavy atom. The molecule has 1 unspecified atom stereocenters. The summed E-state index contributed by atoms with van der Waals surface area (Å²) in [7, 11) is 0. The van der Waals surface area contributed by atoms with Crippen LogP contribution in [-0.2, 0) is 4.79 Å². The van der Waals surface area contributed by atoms with Gasteiger partial charge >= 0.3 is 0 Å². The van der Waals surface area contributed by atoms with Gasteiger partial charge in [-0.3, -0.25) is 4.79 Å². The summed E-state index contributed by atoms with van der Waals surface area (Å²) in [5.41, 5.74) is 5.67. The number of nitrogens with one attached hydrogen (secondary N) is 1. The zero-order valence-electron chi connectivity index (χ0n) is 11.4. The highest BCUT2D eigenvalue weighted by atomic mass is 16.2. The monoisotopic (exact) mass is 244 g/mol. The molecule has 0 aliphatic carbocycles. The standard InChI is InChI=1S/C13H28N2O2/c1-10(2)7-12(9-14)8-13(17)15-11(3)5-4-6-16/h10-12,16H,4-9,14H2,1-3H3,(H,15,17)/t11?,12-/m0/s1. The molecule has 0 radical (unpaired) electrons. The van der Waals surface area contributed by atoms with Crippen LogP contribution in [0, 0.1) is 11.8 Å². The van der Waals surface area contributed by atoms with Gasteiger partial charge in [0.25, 0.3) is 0 Å². The van der Waals surface area contributed by atoms with E-state index in [1.54, 1.807) is 0 Å². The SMILES string of the molecule is CC(C)C[C@H](CN)CC(=O)NC(C)CCCO. The van der Waals surface area contributed by atoms with Crippen molar-refractivity contribution in [3.8, 4) is 0 Å². The van der Waals surface area contributed by atoms with Gasteiger partial charge in [0.15, 0.2) is 0 Å². The first-order valence-corrected chi connectivity index (χ1v) is 6.59. The van der Waals surface area contributed by atoms with E-state index in [2.05, 4.69) is 19.2 Å². The molecule has 4 nitrogen and oxygen atoms in total. The largest absolute Gasteiger partial charge is 0.396 e. The third kappa shape index (κ3) is 9.12. The molecule has 0 rings (SSSR count). The van der Waals surface area contributed by atoms with Crippen molar-refractivity contribution in [1.82, 2.24) is 5.32 Å². The Labute approximate surface area is 105 Å². The van der Waals surface area contributed by atoms with E-state index in [9.17, 15) is 4.79 Å². The van der Waals surface area contributed by atoms with E-state index in [0.29, 0.717) is 18.9 Å². The first-order chi connectivity index (χ1) is 7.99. The van der Waals surface area contributed by atoms with Crippen molar-refractivity contribution in [2.45, 2.75) is 52.5 Å². The number of rotatable bonds is 9. The summed E-state index contributed by atoms with van der Waals surface area (Å²) in [6.07, 6.45) is 3.06. The topological polar surface area (TPSA) is 75.4 Å². The first kappa shape index (κ1) is 16.4. The van der Waals surface area contributed by atoms with Crippen molar-refractivity contribution < 1.29 is 9.90 Å². The number of amides is 1. The number of nitrogens with two attached hydrogens (primary N) is 1. The van der Waals surface area contributed by atoms with E-state index >= 15 is 0 Å². The van der Waals surface area contributed by atoms with Gasteiger partial charge in [-0.25, -0.2) is 0 Å². The fourth-order valence-corrected chi connectivity index (χ4v) is 2.00. The molecule has 0 bridgehead atoms. The quantitative estimate of drug-likeness (QED) is 0.572. The Morgan fingerprint density at radius 3 is 2.47 bits per heavy atom. The van der Waals surface area contributed by atoms with E-state index in [1.807, 2.05) is 6.92 Å². The normalized spacial score (nSPS) is 14.7. The van der Waals surface area contributed by atoms with Crippen LogP contribution in [0.5, 0.6) is 0 Å². The molecule has 0 spiro atoms. The van der Waals surface area contributed by atoms with Crippen molar-refractivity contribution in [1.29, 1.82) is 0 Å².